The van der Waals surface area contributed by atoms with Gasteiger partial charge in [0, 0.05) is 18.3 Å². The SMILES string of the molecule is COc1cc2c(cc1OC)C(=O)N1c3ccccc3CC1CN2. The molecule has 0 saturated heterocycles. The van der Waals surface area contributed by atoms with Crippen LogP contribution in [0, 0.1) is 0 Å². The third kappa shape index (κ3) is 2.04. The number of fused-ring (bicyclic) bond motifs is 4. The van der Waals surface area contributed by atoms with E-state index in [1.54, 1.807) is 20.3 Å². The van der Waals surface area contributed by atoms with Gasteiger partial charge in [0.05, 0.1) is 31.5 Å². The second-order valence-corrected chi connectivity index (χ2v) is 5.80. The molecule has 2 heterocycles. The second kappa shape index (κ2) is 5.19. The van der Waals surface area contributed by atoms with Gasteiger partial charge in [-0.05, 0) is 24.1 Å². The Morgan fingerprint density at radius 1 is 1.13 bits per heavy atom. The first kappa shape index (κ1) is 13.9. The van der Waals surface area contributed by atoms with Crippen molar-refractivity contribution in [3.05, 3.63) is 47.5 Å². The Morgan fingerprint density at radius 3 is 2.65 bits per heavy atom. The van der Waals surface area contributed by atoms with Gasteiger partial charge in [-0.3, -0.25) is 4.79 Å². The highest BCUT2D eigenvalue weighted by Crippen LogP contribution is 2.40. The van der Waals surface area contributed by atoms with Crippen LogP contribution >= 0.6 is 0 Å². The highest BCUT2D eigenvalue weighted by molar-refractivity contribution is 6.12. The van der Waals surface area contributed by atoms with E-state index < -0.39 is 0 Å². The third-order valence-electron chi connectivity index (χ3n) is 4.57. The molecular formula is C18H18N2O3. The predicted molar refractivity (Wildman–Crippen MR) is 88.8 cm³/mol. The van der Waals surface area contributed by atoms with Crippen LogP contribution in [-0.4, -0.2) is 32.7 Å². The van der Waals surface area contributed by atoms with Gasteiger partial charge in [-0.15, -0.1) is 0 Å². The zero-order valence-corrected chi connectivity index (χ0v) is 13.1. The van der Waals surface area contributed by atoms with Crippen molar-refractivity contribution in [1.82, 2.24) is 0 Å². The fraction of sp³-hybridized carbons (Fsp3) is 0.278. The van der Waals surface area contributed by atoms with Crippen LogP contribution in [0.4, 0.5) is 11.4 Å². The lowest BCUT2D eigenvalue weighted by Gasteiger charge is -2.22. The van der Waals surface area contributed by atoms with E-state index in [0.717, 1.165) is 17.8 Å². The molecule has 2 aliphatic heterocycles. The smallest absolute Gasteiger partial charge is 0.260 e. The Kier molecular flexibility index (Phi) is 3.15. The number of rotatable bonds is 2. The molecule has 4 rings (SSSR count). The van der Waals surface area contributed by atoms with Crippen LogP contribution in [0.5, 0.6) is 11.5 Å². The Morgan fingerprint density at radius 2 is 1.87 bits per heavy atom. The number of carbonyl (C=O) groups is 1. The number of hydrogen-bond donors (Lipinski definition) is 1. The Hall–Kier alpha value is -2.69. The van der Waals surface area contributed by atoms with Crippen LogP contribution in [-0.2, 0) is 6.42 Å². The summed E-state index contributed by atoms with van der Waals surface area (Å²) in [6.45, 7) is 0.711. The number of anilines is 2. The largest absolute Gasteiger partial charge is 0.493 e. The first-order valence-corrected chi connectivity index (χ1v) is 7.64. The molecule has 0 radical (unpaired) electrons. The van der Waals surface area contributed by atoms with Crippen molar-refractivity contribution in [2.24, 2.45) is 0 Å². The maximum atomic E-state index is 13.1. The van der Waals surface area contributed by atoms with Gasteiger partial charge < -0.3 is 19.7 Å². The summed E-state index contributed by atoms with van der Waals surface area (Å²) < 4.78 is 10.7. The molecule has 23 heavy (non-hydrogen) atoms. The summed E-state index contributed by atoms with van der Waals surface area (Å²) >= 11 is 0. The molecular weight excluding hydrogens is 292 g/mol. The number of ether oxygens (including phenoxy) is 2. The second-order valence-electron chi connectivity index (χ2n) is 5.80. The molecule has 0 bridgehead atoms. The molecule has 5 heteroatoms. The van der Waals surface area contributed by atoms with Gasteiger partial charge in [-0.1, -0.05) is 18.2 Å². The zero-order chi connectivity index (χ0) is 16.0. The minimum Gasteiger partial charge on any atom is -0.493 e. The Bertz CT molecular complexity index is 788. The van der Waals surface area contributed by atoms with Crippen LogP contribution in [0.15, 0.2) is 36.4 Å². The van der Waals surface area contributed by atoms with E-state index in [1.165, 1.54) is 5.56 Å². The van der Waals surface area contributed by atoms with E-state index in [0.29, 0.717) is 23.6 Å². The van der Waals surface area contributed by atoms with E-state index in [2.05, 4.69) is 11.4 Å². The van der Waals surface area contributed by atoms with Crippen LogP contribution in [0.2, 0.25) is 0 Å². The summed E-state index contributed by atoms with van der Waals surface area (Å²) in [7, 11) is 3.17. The van der Waals surface area contributed by atoms with E-state index in [1.807, 2.05) is 29.2 Å². The monoisotopic (exact) mass is 310 g/mol. The highest BCUT2D eigenvalue weighted by atomic mass is 16.5. The molecule has 0 aliphatic carbocycles. The molecule has 5 nitrogen and oxygen atoms in total. The molecule has 0 saturated carbocycles. The molecule has 2 aliphatic rings. The minimum atomic E-state index is 0.000836. The number of nitrogens with zero attached hydrogens (tertiary/aromatic N) is 1. The topological polar surface area (TPSA) is 50.8 Å². The number of amides is 1. The first-order valence-electron chi connectivity index (χ1n) is 7.64. The summed E-state index contributed by atoms with van der Waals surface area (Å²) in [6, 6.07) is 11.8. The fourth-order valence-corrected chi connectivity index (χ4v) is 3.46. The molecule has 1 unspecified atom stereocenters. The quantitative estimate of drug-likeness (QED) is 0.926. The van der Waals surface area contributed by atoms with Crippen molar-refractivity contribution >= 4 is 17.3 Å². The van der Waals surface area contributed by atoms with Crippen molar-refractivity contribution in [2.45, 2.75) is 12.5 Å². The van der Waals surface area contributed by atoms with Crippen LogP contribution < -0.4 is 19.7 Å². The molecule has 0 fully saturated rings. The molecule has 0 spiro atoms. The fourth-order valence-electron chi connectivity index (χ4n) is 3.46. The van der Waals surface area contributed by atoms with E-state index in [9.17, 15) is 4.79 Å². The van der Waals surface area contributed by atoms with Crippen molar-refractivity contribution in [3.8, 4) is 11.5 Å². The maximum Gasteiger partial charge on any atom is 0.260 e. The van der Waals surface area contributed by atoms with Crippen molar-refractivity contribution < 1.29 is 14.3 Å². The minimum absolute atomic E-state index is 0.000836. The summed E-state index contributed by atoms with van der Waals surface area (Å²) in [5.74, 6) is 1.18. The average Bonchev–Trinajstić information content (AvgIpc) is 2.90. The number of para-hydroxylation sites is 1. The van der Waals surface area contributed by atoms with Crippen molar-refractivity contribution in [3.63, 3.8) is 0 Å². The molecule has 2 aromatic rings. The molecule has 2 aromatic carbocycles. The van der Waals surface area contributed by atoms with Gasteiger partial charge in [0.1, 0.15) is 0 Å². The first-order chi connectivity index (χ1) is 11.2. The van der Waals surface area contributed by atoms with Crippen molar-refractivity contribution in [1.29, 1.82) is 0 Å². The Labute approximate surface area is 134 Å². The molecule has 118 valence electrons. The van der Waals surface area contributed by atoms with Crippen molar-refractivity contribution in [2.75, 3.05) is 31.0 Å². The lowest BCUT2D eigenvalue weighted by atomic mass is 10.1. The van der Waals surface area contributed by atoms with Crippen LogP contribution in [0.25, 0.3) is 0 Å². The lowest BCUT2D eigenvalue weighted by Crippen LogP contribution is -2.39. The van der Waals surface area contributed by atoms with E-state index >= 15 is 0 Å². The summed E-state index contributed by atoms with van der Waals surface area (Å²) in [4.78, 5) is 15.0. The van der Waals surface area contributed by atoms with Gasteiger partial charge >= 0.3 is 0 Å². The zero-order valence-electron chi connectivity index (χ0n) is 13.1. The third-order valence-corrected chi connectivity index (χ3v) is 4.57. The number of nitrogens with one attached hydrogen (secondary N) is 1. The Balaban J connectivity index is 1.83. The number of methoxy groups -OCH3 is 2. The van der Waals surface area contributed by atoms with Gasteiger partial charge in [0.2, 0.25) is 0 Å². The van der Waals surface area contributed by atoms with Crippen LogP contribution in [0.1, 0.15) is 15.9 Å². The molecule has 0 aromatic heterocycles. The summed E-state index contributed by atoms with van der Waals surface area (Å²) in [6.07, 6.45) is 0.872. The summed E-state index contributed by atoms with van der Waals surface area (Å²) in [5, 5.41) is 3.39. The highest BCUT2D eigenvalue weighted by Gasteiger charge is 2.37. The average molecular weight is 310 g/mol. The summed E-state index contributed by atoms with van der Waals surface area (Å²) in [5.41, 5.74) is 3.63. The predicted octanol–water partition coefficient (Wildman–Crippen LogP) is 2.70. The molecule has 1 atom stereocenters. The lowest BCUT2D eigenvalue weighted by molar-refractivity contribution is 0.0983. The number of benzene rings is 2. The normalized spacial score (nSPS) is 18.4. The molecule has 1 amide bonds. The van der Waals surface area contributed by atoms with Gasteiger partial charge in [0.15, 0.2) is 11.5 Å². The number of carbonyl (C=O) groups excluding carboxylic acids is 1. The number of hydrogen-bond acceptors (Lipinski definition) is 4. The van der Waals surface area contributed by atoms with E-state index in [4.69, 9.17) is 9.47 Å². The maximum absolute atomic E-state index is 13.1. The van der Waals surface area contributed by atoms with E-state index in [-0.39, 0.29) is 11.9 Å². The standard InChI is InChI=1S/C18H18N2O3/c1-22-16-8-13-14(9-17(16)23-2)19-10-12-7-11-5-3-4-6-15(11)20(12)18(13)21/h3-6,8-9,12,19H,7,10H2,1-2H3. The van der Waals surface area contributed by atoms with Gasteiger partial charge in [-0.25, -0.2) is 0 Å². The van der Waals surface area contributed by atoms with Gasteiger partial charge in [0.25, 0.3) is 5.91 Å². The van der Waals surface area contributed by atoms with Gasteiger partial charge in [-0.2, -0.15) is 0 Å². The van der Waals surface area contributed by atoms with Crippen LogP contribution in [0.3, 0.4) is 0 Å². The molecule has 1 N–H and O–H groups in total.